The van der Waals surface area contributed by atoms with Crippen molar-refractivity contribution < 1.29 is 0 Å². The van der Waals surface area contributed by atoms with Gasteiger partial charge in [0.2, 0.25) is 0 Å². The highest BCUT2D eigenvalue weighted by molar-refractivity contribution is 5.57. The van der Waals surface area contributed by atoms with Crippen LogP contribution in [-0.4, -0.2) is 15.0 Å². The first-order chi connectivity index (χ1) is 6.92. The summed E-state index contributed by atoms with van der Waals surface area (Å²) in [6.45, 7) is 3.06. The van der Waals surface area contributed by atoms with Crippen molar-refractivity contribution in [1.82, 2.24) is 15.0 Å². The lowest BCUT2D eigenvalue weighted by Gasteiger charge is -2.03. The summed E-state index contributed by atoms with van der Waals surface area (Å²) in [5, 5.41) is 7.98. The van der Waals surface area contributed by atoms with Gasteiger partial charge < -0.3 is 0 Å². The third-order valence-electron chi connectivity index (χ3n) is 2.12. The van der Waals surface area contributed by atoms with Crippen molar-refractivity contribution >= 4 is 0 Å². The van der Waals surface area contributed by atoms with Gasteiger partial charge in [-0.05, 0) is 6.42 Å². The van der Waals surface area contributed by atoms with Crippen LogP contribution in [0.1, 0.15) is 13.3 Å². The number of aryl methyl sites for hydroxylation is 1. The van der Waals surface area contributed by atoms with E-state index in [1.165, 1.54) is 5.56 Å². The van der Waals surface area contributed by atoms with Gasteiger partial charge in [0.25, 0.3) is 0 Å². The van der Waals surface area contributed by atoms with Crippen molar-refractivity contribution in [2.75, 3.05) is 0 Å². The summed E-state index contributed by atoms with van der Waals surface area (Å²) in [4.78, 5) is 0. The van der Waals surface area contributed by atoms with Gasteiger partial charge >= 0.3 is 0 Å². The quantitative estimate of drug-likeness (QED) is 0.738. The fraction of sp³-hybridized carbons (Fsp3) is 0.273. The summed E-state index contributed by atoms with van der Waals surface area (Å²) in [5.41, 5.74) is 2.26. The van der Waals surface area contributed by atoms with Gasteiger partial charge in [-0.2, -0.15) is 0 Å². The van der Waals surface area contributed by atoms with Crippen molar-refractivity contribution in [2.24, 2.45) is 0 Å². The molecule has 0 N–H and O–H groups in total. The molecule has 0 unspecified atom stereocenters. The predicted octanol–water partition coefficient (Wildman–Crippen LogP) is 2.36. The summed E-state index contributed by atoms with van der Waals surface area (Å²) in [6.07, 6.45) is 2.88. The van der Waals surface area contributed by atoms with Gasteiger partial charge in [0.05, 0.1) is 11.9 Å². The molecule has 0 saturated heterocycles. The van der Waals surface area contributed by atoms with Crippen LogP contribution in [0.15, 0.2) is 36.5 Å². The van der Waals surface area contributed by atoms with Crippen molar-refractivity contribution in [1.29, 1.82) is 0 Å². The average Bonchev–Trinajstić information content (AvgIpc) is 2.68. The molecule has 0 amide bonds. The average molecular weight is 187 g/mol. The molecule has 0 radical (unpaired) electrons. The Morgan fingerprint density at radius 3 is 2.71 bits per heavy atom. The lowest BCUT2D eigenvalue weighted by Crippen LogP contribution is -2.01. The molecule has 0 aliphatic carbocycles. The van der Waals surface area contributed by atoms with E-state index >= 15 is 0 Å². The van der Waals surface area contributed by atoms with Gasteiger partial charge in [-0.1, -0.05) is 42.5 Å². The largest absolute Gasteiger partial charge is 0.245 e. The van der Waals surface area contributed by atoms with Gasteiger partial charge in [0.1, 0.15) is 0 Å². The molecule has 1 aromatic heterocycles. The summed E-state index contributed by atoms with van der Waals surface area (Å²) in [7, 11) is 0. The maximum atomic E-state index is 4.05. The fourth-order valence-corrected chi connectivity index (χ4v) is 1.47. The molecule has 72 valence electrons. The number of aromatic nitrogens is 3. The smallest absolute Gasteiger partial charge is 0.0885 e. The second-order valence-electron chi connectivity index (χ2n) is 3.21. The molecule has 2 aromatic rings. The second-order valence-corrected chi connectivity index (χ2v) is 3.21. The molecular formula is C11H13N3. The highest BCUT2D eigenvalue weighted by Gasteiger charge is 2.04. The van der Waals surface area contributed by atoms with Crippen LogP contribution in [0.3, 0.4) is 0 Å². The highest BCUT2D eigenvalue weighted by Crippen LogP contribution is 2.16. The second kappa shape index (κ2) is 4.05. The Morgan fingerprint density at radius 1 is 1.21 bits per heavy atom. The summed E-state index contributed by atoms with van der Waals surface area (Å²) in [5.74, 6) is 0. The first-order valence-electron chi connectivity index (χ1n) is 4.85. The molecule has 0 fully saturated rings. The van der Waals surface area contributed by atoms with Crippen molar-refractivity contribution in [3.05, 3.63) is 36.5 Å². The van der Waals surface area contributed by atoms with Crippen LogP contribution in [-0.2, 0) is 6.54 Å². The molecule has 0 spiro atoms. The summed E-state index contributed by atoms with van der Waals surface area (Å²) < 4.78 is 1.94. The first kappa shape index (κ1) is 8.94. The van der Waals surface area contributed by atoms with Gasteiger partial charge in [0, 0.05) is 12.1 Å². The van der Waals surface area contributed by atoms with Crippen LogP contribution in [0.5, 0.6) is 0 Å². The monoisotopic (exact) mass is 187 g/mol. The van der Waals surface area contributed by atoms with E-state index in [1.54, 1.807) is 0 Å². The maximum Gasteiger partial charge on any atom is 0.0885 e. The minimum Gasteiger partial charge on any atom is -0.245 e. The van der Waals surface area contributed by atoms with Crippen molar-refractivity contribution in [3.63, 3.8) is 0 Å². The Labute approximate surface area is 83.4 Å². The molecule has 3 nitrogen and oxygen atoms in total. The zero-order valence-electron chi connectivity index (χ0n) is 8.22. The maximum absolute atomic E-state index is 4.05. The molecule has 1 aromatic carbocycles. The predicted molar refractivity (Wildman–Crippen MR) is 55.7 cm³/mol. The Bertz CT molecular complexity index is 392. The summed E-state index contributed by atoms with van der Waals surface area (Å²) >= 11 is 0. The van der Waals surface area contributed by atoms with E-state index in [1.807, 2.05) is 29.1 Å². The minimum atomic E-state index is 0.921. The standard InChI is InChI=1S/C11H13N3/c1-2-8-14-11(9-12-13-14)10-6-4-3-5-7-10/h3-7,9H,2,8H2,1H3. The highest BCUT2D eigenvalue weighted by atomic mass is 15.4. The van der Waals surface area contributed by atoms with Crippen molar-refractivity contribution in [2.45, 2.75) is 19.9 Å². The van der Waals surface area contributed by atoms with Crippen LogP contribution in [0.2, 0.25) is 0 Å². The number of hydrogen-bond donors (Lipinski definition) is 0. The molecule has 2 rings (SSSR count). The zero-order valence-corrected chi connectivity index (χ0v) is 8.22. The lowest BCUT2D eigenvalue weighted by molar-refractivity contribution is 0.584. The molecule has 3 heteroatoms. The number of nitrogens with zero attached hydrogens (tertiary/aromatic N) is 3. The van der Waals surface area contributed by atoms with E-state index < -0.39 is 0 Å². The molecule has 14 heavy (non-hydrogen) atoms. The van der Waals surface area contributed by atoms with E-state index in [0.29, 0.717) is 0 Å². The third kappa shape index (κ3) is 1.66. The van der Waals surface area contributed by atoms with Crippen LogP contribution >= 0.6 is 0 Å². The topological polar surface area (TPSA) is 30.7 Å². The SMILES string of the molecule is CCCn1nncc1-c1ccccc1. The first-order valence-corrected chi connectivity index (χ1v) is 4.85. The minimum absolute atomic E-state index is 0.921. The van der Waals surface area contributed by atoms with Gasteiger partial charge in [-0.25, -0.2) is 4.68 Å². The number of hydrogen-bond acceptors (Lipinski definition) is 2. The van der Waals surface area contributed by atoms with Crippen LogP contribution in [0, 0.1) is 0 Å². The Morgan fingerprint density at radius 2 is 2.00 bits per heavy atom. The van der Waals surface area contributed by atoms with Gasteiger partial charge in [-0.15, -0.1) is 5.10 Å². The van der Waals surface area contributed by atoms with Gasteiger partial charge in [0.15, 0.2) is 0 Å². The lowest BCUT2D eigenvalue weighted by atomic mass is 10.2. The Balaban J connectivity index is 2.37. The molecule has 0 bridgehead atoms. The Hall–Kier alpha value is -1.64. The molecule has 0 aliphatic rings. The molecular weight excluding hydrogens is 174 g/mol. The van der Waals surface area contributed by atoms with E-state index in [9.17, 15) is 0 Å². The van der Waals surface area contributed by atoms with Gasteiger partial charge in [-0.3, -0.25) is 0 Å². The van der Waals surface area contributed by atoms with E-state index in [0.717, 1.165) is 18.7 Å². The molecule has 0 aliphatic heterocycles. The van der Waals surface area contributed by atoms with Crippen LogP contribution in [0.25, 0.3) is 11.3 Å². The number of benzene rings is 1. The normalized spacial score (nSPS) is 10.4. The molecule has 0 saturated carbocycles. The fourth-order valence-electron chi connectivity index (χ4n) is 1.47. The van der Waals surface area contributed by atoms with E-state index in [4.69, 9.17) is 0 Å². The molecule has 1 heterocycles. The van der Waals surface area contributed by atoms with E-state index in [2.05, 4.69) is 29.4 Å². The third-order valence-corrected chi connectivity index (χ3v) is 2.12. The Kier molecular flexibility index (Phi) is 2.58. The van der Waals surface area contributed by atoms with Crippen molar-refractivity contribution in [3.8, 4) is 11.3 Å². The molecule has 0 atom stereocenters. The summed E-state index contributed by atoms with van der Waals surface area (Å²) in [6, 6.07) is 10.2. The number of rotatable bonds is 3. The van der Waals surface area contributed by atoms with E-state index in [-0.39, 0.29) is 0 Å². The zero-order chi connectivity index (χ0) is 9.80. The van der Waals surface area contributed by atoms with Crippen LogP contribution in [0.4, 0.5) is 0 Å². The van der Waals surface area contributed by atoms with Crippen LogP contribution < -0.4 is 0 Å².